The predicted molar refractivity (Wildman–Crippen MR) is 40.4 cm³/mol. The first kappa shape index (κ1) is 7.58. The van der Waals surface area contributed by atoms with Crippen LogP contribution in [-0.2, 0) is 9.53 Å². The monoisotopic (exact) mass is 169 g/mol. The molecule has 0 aromatic carbocycles. The van der Waals surface area contributed by atoms with Gasteiger partial charge in [-0.2, -0.15) is 0 Å². The van der Waals surface area contributed by atoms with Crippen LogP contribution in [0.2, 0.25) is 0 Å². The lowest BCUT2D eigenvalue weighted by Gasteiger charge is -2.18. The van der Waals surface area contributed by atoms with Crippen LogP contribution in [0, 0.1) is 0 Å². The molecule has 4 nitrogen and oxygen atoms in total. The zero-order valence-electron chi connectivity index (χ0n) is 6.95. The lowest BCUT2D eigenvalue weighted by Crippen LogP contribution is -2.35. The van der Waals surface area contributed by atoms with Gasteiger partial charge in [0.1, 0.15) is 6.04 Å². The van der Waals surface area contributed by atoms with Crippen molar-refractivity contribution in [3.8, 4) is 0 Å². The number of rotatable bonds is 1. The predicted octanol–water partition coefficient (Wildman–Crippen LogP) is 0.906. The van der Waals surface area contributed by atoms with Gasteiger partial charge in [-0.1, -0.05) is 6.92 Å². The summed E-state index contributed by atoms with van der Waals surface area (Å²) in [5, 5.41) is 0. The number of amides is 1. The molecule has 0 unspecified atom stereocenters. The van der Waals surface area contributed by atoms with Gasteiger partial charge >= 0.3 is 12.1 Å². The maximum absolute atomic E-state index is 11.1. The summed E-state index contributed by atoms with van der Waals surface area (Å²) in [7, 11) is 0. The molecule has 12 heavy (non-hydrogen) atoms. The van der Waals surface area contributed by atoms with Gasteiger partial charge in [-0.3, -0.25) is 4.90 Å². The molecule has 0 N–H and O–H groups in total. The summed E-state index contributed by atoms with van der Waals surface area (Å²) in [4.78, 5) is 23.7. The van der Waals surface area contributed by atoms with Crippen molar-refractivity contribution < 1.29 is 14.3 Å². The molecular weight excluding hydrogens is 158 g/mol. The third kappa shape index (κ3) is 0.838. The van der Waals surface area contributed by atoms with E-state index < -0.39 is 6.09 Å². The van der Waals surface area contributed by atoms with Crippen molar-refractivity contribution in [2.24, 2.45) is 0 Å². The molecule has 0 aromatic heterocycles. The highest BCUT2D eigenvalue weighted by Crippen LogP contribution is 2.31. The Balaban J connectivity index is 2.22. The fourth-order valence-electron chi connectivity index (χ4n) is 2.00. The Morgan fingerprint density at radius 2 is 2.25 bits per heavy atom. The van der Waals surface area contributed by atoms with Crippen molar-refractivity contribution in [3.05, 3.63) is 0 Å². The second-order valence-corrected chi connectivity index (χ2v) is 3.25. The van der Waals surface area contributed by atoms with Crippen LogP contribution in [0.3, 0.4) is 0 Å². The van der Waals surface area contributed by atoms with Crippen molar-refractivity contribution in [2.45, 2.75) is 38.3 Å². The molecule has 2 rings (SSSR count). The molecule has 2 atom stereocenters. The average Bonchev–Trinajstić information content (AvgIpc) is 2.55. The molecule has 0 spiro atoms. The third-order valence-electron chi connectivity index (χ3n) is 2.64. The Morgan fingerprint density at radius 1 is 1.50 bits per heavy atom. The number of hydrogen-bond acceptors (Lipinski definition) is 3. The van der Waals surface area contributed by atoms with E-state index in [0.29, 0.717) is 0 Å². The zero-order chi connectivity index (χ0) is 8.72. The second kappa shape index (κ2) is 2.47. The molecule has 66 valence electrons. The van der Waals surface area contributed by atoms with Crippen molar-refractivity contribution in [1.29, 1.82) is 0 Å². The van der Waals surface area contributed by atoms with E-state index in [4.69, 9.17) is 0 Å². The van der Waals surface area contributed by atoms with E-state index in [2.05, 4.69) is 4.74 Å². The Kier molecular flexibility index (Phi) is 1.56. The Labute approximate surface area is 70.5 Å². The van der Waals surface area contributed by atoms with E-state index in [1.165, 1.54) is 0 Å². The van der Waals surface area contributed by atoms with E-state index >= 15 is 0 Å². The van der Waals surface area contributed by atoms with E-state index in [1.54, 1.807) is 4.90 Å². The number of nitrogens with zero attached hydrogens (tertiary/aromatic N) is 1. The van der Waals surface area contributed by atoms with Gasteiger partial charge in [-0.25, -0.2) is 9.59 Å². The summed E-state index contributed by atoms with van der Waals surface area (Å²) in [6.45, 7) is 2.02. The summed E-state index contributed by atoms with van der Waals surface area (Å²) in [5.74, 6) is -0.365. The summed E-state index contributed by atoms with van der Waals surface area (Å²) < 4.78 is 4.51. The van der Waals surface area contributed by atoms with Crippen LogP contribution >= 0.6 is 0 Å². The molecule has 4 heteroatoms. The average molecular weight is 169 g/mol. The highest BCUT2D eigenvalue weighted by atomic mass is 16.6. The Hall–Kier alpha value is -1.06. The largest absolute Gasteiger partial charge is 0.418 e. The van der Waals surface area contributed by atoms with Gasteiger partial charge in [0.15, 0.2) is 0 Å². The third-order valence-corrected chi connectivity index (χ3v) is 2.64. The topological polar surface area (TPSA) is 46.6 Å². The molecule has 0 radical (unpaired) electrons. The van der Waals surface area contributed by atoms with Crippen LogP contribution in [0.5, 0.6) is 0 Å². The number of hydrogen-bond donors (Lipinski definition) is 0. The first-order chi connectivity index (χ1) is 5.74. The molecule has 0 bridgehead atoms. The van der Waals surface area contributed by atoms with E-state index in [-0.39, 0.29) is 18.1 Å². The summed E-state index contributed by atoms with van der Waals surface area (Å²) in [6, 6.07) is -0.0589. The van der Waals surface area contributed by atoms with Crippen LogP contribution in [-0.4, -0.2) is 29.0 Å². The van der Waals surface area contributed by atoms with Crippen molar-refractivity contribution in [1.82, 2.24) is 4.90 Å². The van der Waals surface area contributed by atoms with Crippen LogP contribution in [0.1, 0.15) is 26.2 Å². The fraction of sp³-hybridized carbons (Fsp3) is 0.750. The van der Waals surface area contributed by atoms with E-state index in [1.807, 2.05) is 6.92 Å². The van der Waals surface area contributed by atoms with E-state index in [9.17, 15) is 9.59 Å². The summed E-state index contributed by atoms with van der Waals surface area (Å²) in [5.41, 5.74) is 0. The standard InChI is InChI=1S/C8H11NO3/c1-2-5-3-4-6-7(10)12-8(11)9(5)6/h5-6H,2-4H2,1H3/t5-,6-/m1/s1. The zero-order valence-corrected chi connectivity index (χ0v) is 6.95. The minimum Gasteiger partial charge on any atom is -0.375 e. The van der Waals surface area contributed by atoms with Crippen molar-refractivity contribution >= 4 is 12.1 Å². The van der Waals surface area contributed by atoms with Crippen molar-refractivity contribution in [3.63, 3.8) is 0 Å². The van der Waals surface area contributed by atoms with Gasteiger partial charge in [0.05, 0.1) is 0 Å². The summed E-state index contributed by atoms with van der Waals surface area (Å²) in [6.07, 6.45) is 2.15. The fourth-order valence-corrected chi connectivity index (χ4v) is 2.00. The molecule has 2 aliphatic rings. The normalized spacial score (nSPS) is 33.9. The quantitative estimate of drug-likeness (QED) is 0.433. The molecular formula is C8H11NO3. The van der Waals surface area contributed by atoms with Gasteiger partial charge < -0.3 is 4.74 Å². The van der Waals surface area contributed by atoms with Gasteiger partial charge in [0.25, 0.3) is 0 Å². The number of esters is 1. The molecule has 0 aliphatic carbocycles. The summed E-state index contributed by atoms with van der Waals surface area (Å²) >= 11 is 0. The maximum Gasteiger partial charge on any atom is 0.418 e. The van der Waals surface area contributed by atoms with Crippen LogP contribution in [0.25, 0.3) is 0 Å². The first-order valence-corrected chi connectivity index (χ1v) is 4.28. The molecule has 0 saturated carbocycles. The number of carbonyl (C=O) groups excluding carboxylic acids is 2. The molecule has 1 amide bonds. The number of cyclic esters (lactones) is 2. The minimum absolute atomic E-state index is 0.217. The van der Waals surface area contributed by atoms with Gasteiger partial charge in [0.2, 0.25) is 0 Å². The molecule has 0 aromatic rings. The van der Waals surface area contributed by atoms with Crippen LogP contribution in [0.4, 0.5) is 4.79 Å². The second-order valence-electron chi connectivity index (χ2n) is 3.25. The smallest absolute Gasteiger partial charge is 0.375 e. The molecule has 2 heterocycles. The number of carbonyl (C=O) groups is 2. The minimum atomic E-state index is -0.450. The molecule has 2 fully saturated rings. The van der Waals surface area contributed by atoms with Crippen LogP contribution < -0.4 is 0 Å². The molecule has 2 aliphatic heterocycles. The first-order valence-electron chi connectivity index (χ1n) is 4.28. The SMILES string of the molecule is CC[C@@H]1CC[C@@H]2C(=O)OC(=O)N12. The van der Waals surface area contributed by atoms with Gasteiger partial charge in [-0.15, -0.1) is 0 Å². The maximum atomic E-state index is 11.1. The Morgan fingerprint density at radius 3 is 2.92 bits per heavy atom. The molecule has 2 saturated heterocycles. The van der Waals surface area contributed by atoms with Gasteiger partial charge in [0, 0.05) is 6.04 Å². The lowest BCUT2D eigenvalue weighted by atomic mass is 10.1. The van der Waals surface area contributed by atoms with Crippen LogP contribution in [0.15, 0.2) is 0 Å². The highest BCUT2D eigenvalue weighted by molar-refractivity contribution is 5.96. The van der Waals surface area contributed by atoms with Crippen molar-refractivity contribution in [2.75, 3.05) is 0 Å². The van der Waals surface area contributed by atoms with E-state index in [0.717, 1.165) is 19.3 Å². The highest BCUT2D eigenvalue weighted by Gasteiger charge is 2.48. The number of ether oxygens (including phenoxy) is 1. The lowest BCUT2D eigenvalue weighted by molar-refractivity contribution is -0.135. The Bertz CT molecular complexity index is 238. The number of fused-ring (bicyclic) bond motifs is 1. The van der Waals surface area contributed by atoms with Gasteiger partial charge in [-0.05, 0) is 19.3 Å².